The summed E-state index contributed by atoms with van der Waals surface area (Å²) in [6.07, 6.45) is 10.8. The molecule has 0 radical (unpaired) electrons. The Hall–Kier alpha value is -2.08. The van der Waals surface area contributed by atoms with E-state index in [9.17, 15) is 0 Å². The molecule has 0 aromatic carbocycles. The van der Waals surface area contributed by atoms with E-state index in [1.807, 2.05) is 6.20 Å². The largest absolute Gasteiger partial charge is 0.322 e. The van der Waals surface area contributed by atoms with Crippen molar-refractivity contribution in [2.24, 2.45) is 0 Å². The molecule has 6 heteroatoms. The highest BCUT2D eigenvalue weighted by atomic mass is 15.2. The maximum absolute atomic E-state index is 4.62. The van der Waals surface area contributed by atoms with Gasteiger partial charge in [-0.15, -0.1) is 0 Å². The van der Waals surface area contributed by atoms with Gasteiger partial charge in [0.1, 0.15) is 11.6 Å². The van der Waals surface area contributed by atoms with Crippen LogP contribution in [0.2, 0.25) is 0 Å². The fourth-order valence-corrected chi connectivity index (χ4v) is 2.38. The highest BCUT2D eigenvalue weighted by molar-refractivity contribution is 5.48. The number of hydrogen-bond donors (Lipinski definition) is 1. The molecule has 1 N–H and O–H groups in total. The second-order valence-corrected chi connectivity index (χ2v) is 4.68. The minimum absolute atomic E-state index is 0.371. The lowest BCUT2D eigenvalue weighted by Crippen LogP contribution is -2.19. The van der Waals surface area contributed by atoms with Gasteiger partial charge < -0.3 is 5.32 Å². The molecule has 3 heterocycles. The van der Waals surface area contributed by atoms with Crippen molar-refractivity contribution in [3.8, 4) is 0 Å². The first-order chi connectivity index (χ1) is 9.33. The quantitative estimate of drug-likeness (QED) is 0.903. The Bertz CT molecular complexity index is 544. The number of nitrogens with one attached hydrogen (secondary N) is 1. The molecule has 6 nitrogen and oxygen atoms in total. The van der Waals surface area contributed by atoms with E-state index < -0.39 is 0 Å². The summed E-state index contributed by atoms with van der Waals surface area (Å²) in [4.78, 5) is 19.4. The molecule has 0 bridgehead atoms. The molecular weight excluding hydrogens is 240 g/mol. The van der Waals surface area contributed by atoms with Crippen LogP contribution >= 0.6 is 0 Å². The monoisotopic (exact) mass is 256 g/mol. The third-order valence-electron chi connectivity index (χ3n) is 3.33. The fourth-order valence-electron chi connectivity index (χ4n) is 2.38. The van der Waals surface area contributed by atoms with Crippen molar-refractivity contribution in [3.05, 3.63) is 36.7 Å². The first-order valence-electron chi connectivity index (χ1n) is 6.38. The van der Waals surface area contributed by atoms with Gasteiger partial charge in [0.2, 0.25) is 0 Å². The lowest BCUT2D eigenvalue weighted by molar-refractivity contribution is 0.311. The highest BCUT2D eigenvalue weighted by Crippen LogP contribution is 2.29. The molecule has 1 unspecified atom stereocenters. The molecule has 2 aromatic rings. The molecule has 0 saturated carbocycles. The average Bonchev–Trinajstić information content (AvgIpc) is 2.86. The predicted octanol–water partition coefficient (Wildman–Crippen LogP) is 1.78. The molecule has 98 valence electrons. The SMILES string of the molecule is CN1CCCC1c1cncc(Nc2cnccn2)n1. The van der Waals surface area contributed by atoms with Crippen LogP contribution in [-0.4, -0.2) is 38.4 Å². The van der Waals surface area contributed by atoms with Crippen LogP contribution in [0.5, 0.6) is 0 Å². The zero-order valence-corrected chi connectivity index (χ0v) is 10.8. The van der Waals surface area contributed by atoms with Gasteiger partial charge in [0.15, 0.2) is 0 Å². The molecule has 0 spiro atoms. The van der Waals surface area contributed by atoms with E-state index in [2.05, 4.69) is 37.2 Å². The summed E-state index contributed by atoms with van der Waals surface area (Å²) in [6.45, 7) is 1.12. The molecule has 0 amide bonds. The van der Waals surface area contributed by atoms with Crippen molar-refractivity contribution in [3.63, 3.8) is 0 Å². The van der Waals surface area contributed by atoms with Crippen LogP contribution in [0.3, 0.4) is 0 Å². The van der Waals surface area contributed by atoms with Crippen LogP contribution in [0.25, 0.3) is 0 Å². The minimum Gasteiger partial charge on any atom is -0.322 e. The summed E-state index contributed by atoms with van der Waals surface area (Å²) in [5, 5.41) is 3.12. The molecule has 2 aromatic heterocycles. The third-order valence-corrected chi connectivity index (χ3v) is 3.33. The topological polar surface area (TPSA) is 66.8 Å². The fraction of sp³-hybridized carbons (Fsp3) is 0.385. The number of hydrogen-bond acceptors (Lipinski definition) is 6. The minimum atomic E-state index is 0.371. The van der Waals surface area contributed by atoms with Gasteiger partial charge in [0.25, 0.3) is 0 Å². The highest BCUT2D eigenvalue weighted by Gasteiger charge is 2.24. The van der Waals surface area contributed by atoms with E-state index in [-0.39, 0.29) is 0 Å². The second-order valence-electron chi connectivity index (χ2n) is 4.68. The second kappa shape index (κ2) is 5.27. The summed E-state index contributed by atoms with van der Waals surface area (Å²) in [6, 6.07) is 0.371. The maximum atomic E-state index is 4.62. The Morgan fingerprint density at radius 2 is 2.05 bits per heavy atom. The maximum Gasteiger partial charge on any atom is 0.150 e. The van der Waals surface area contributed by atoms with Crippen LogP contribution in [0.1, 0.15) is 24.6 Å². The molecule has 1 aliphatic rings. The molecule has 3 rings (SSSR count). The van der Waals surface area contributed by atoms with Crippen molar-refractivity contribution in [1.82, 2.24) is 24.8 Å². The molecule has 1 atom stereocenters. The van der Waals surface area contributed by atoms with Crippen molar-refractivity contribution in [1.29, 1.82) is 0 Å². The molecule has 1 fully saturated rings. The third kappa shape index (κ3) is 2.68. The zero-order chi connectivity index (χ0) is 13.1. The summed E-state index contributed by atoms with van der Waals surface area (Å²) in [7, 11) is 2.13. The van der Waals surface area contributed by atoms with Gasteiger partial charge in [-0.3, -0.25) is 14.9 Å². The van der Waals surface area contributed by atoms with E-state index in [0.29, 0.717) is 17.7 Å². The standard InChI is InChI=1S/C13H16N6/c1-19-6-2-3-11(19)10-7-15-9-13(17-10)18-12-8-14-4-5-16-12/h4-5,7-9,11H,2-3,6H2,1H3,(H,16,17,18). The first-order valence-corrected chi connectivity index (χ1v) is 6.38. The van der Waals surface area contributed by atoms with Gasteiger partial charge in [-0.25, -0.2) is 9.97 Å². The van der Waals surface area contributed by atoms with Gasteiger partial charge in [0, 0.05) is 12.4 Å². The van der Waals surface area contributed by atoms with Crippen molar-refractivity contribution in [2.45, 2.75) is 18.9 Å². The van der Waals surface area contributed by atoms with E-state index in [0.717, 1.165) is 18.7 Å². The van der Waals surface area contributed by atoms with Crippen molar-refractivity contribution >= 4 is 11.6 Å². The first kappa shape index (κ1) is 12.0. The summed E-state index contributed by atoms with van der Waals surface area (Å²) < 4.78 is 0. The Kier molecular flexibility index (Phi) is 3.33. The summed E-state index contributed by atoms with van der Waals surface area (Å²) in [5.74, 6) is 1.38. The van der Waals surface area contributed by atoms with Gasteiger partial charge in [-0.2, -0.15) is 0 Å². The van der Waals surface area contributed by atoms with E-state index in [4.69, 9.17) is 0 Å². The van der Waals surface area contributed by atoms with Crippen LogP contribution in [0.15, 0.2) is 31.0 Å². The van der Waals surface area contributed by atoms with Crippen LogP contribution in [-0.2, 0) is 0 Å². The van der Waals surface area contributed by atoms with Gasteiger partial charge in [-0.05, 0) is 26.4 Å². The summed E-state index contributed by atoms with van der Waals surface area (Å²) >= 11 is 0. The normalized spacial score (nSPS) is 19.5. The molecule has 19 heavy (non-hydrogen) atoms. The Balaban J connectivity index is 1.80. The molecular formula is C13H16N6. The van der Waals surface area contributed by atoms with Crippen molar-refractivity contribution in [2.75, 3.05) is 18.9 Å². The Morgan fingerprint density at radius 1 is 1.16 bits per heavy atom. The number of aromatic nitrogens is 4. The predicted molar refractivity (Wildman–Crippen MR) is 72.0 cm³/mol. The van der Waals surface area contributed by atoms with Crippen LogP contribution in [0, 0.1) is 0 Å². The molecule has 1 aliphatic heterocycles. The Labute approximate surface area is 111 Å². The Morgan fingerprint density at radius 3 is 2.79 bits per heavy atom. The summed E-state index contributed by atoms with van der Waals surface area (Å²) in [5.41, 5.74) is 1.01. The van der Waals surface area contributed by atoms with Crippen LogP contribution < -0.4 is 5.32 Å². The van der Waals surface area contributed by atoms with Crippen molar-refractivity contribution < 1.29 is 0 Å². The lowest BCUT2D eigenvalue weighted by atomic mass is 10.1. The van der Waals surface area contributed by atoms with Gasteiger partial charge >= 0.3 is 0 Å². The smallest absolute Gasteiger partial charge is 0.150 e. The number of likely N-dealkylation sites (tertiary alicyclic amines) is 1. The van der Waals surface area contributed by atoms with Crippen LogP contribution in [0.4, 0.5) is 11.6 Å². The number of nitrogens with zero attached hydrogens (tertiary/aromatic N) is 5. The van der Waals surface area contributed by atoms with E-state index in [1.165, 1.54) is 6.42 Å². The zero-order valence-electron chi connectivity index (χ0n) is 10.8. The molecule has 0 aliphatic carbocycles. The molecule has 1 saturated heterocycles. The van der Waals surface area contributed by atoms with Gasteiger partial charge in [0.05, 0.1) is 30.3 Å². The lowest BCUT2D eigenvalue weighted by Gasteiger charge is -2.18. The van der Waals surface area contributed by atoms with E-state index in [1.54, 1.807) is 24.8 Å². The van der Waals surface area contributed by atoms with Gasteiger partial charge in [-0.1, -0.05) is 0 Å². The average molecular weight is 256 g/mol. The number of anilines is 2. The number of rotatable bonds is 3. The van der Waals surface area contributed by atoms with E-state index >= 15 is 0 Å².